The van der Waals surface area contributed by atoms with Gasteiger partial charge in [-0.25, -0.2) is 5.43 Å². The van der Waals surface area contributed by atoms with Gasteiger partial charge in [-0.1, -0.05) is 0 Å². The van der Waals surface area contributed by atoms with Crippen molar-refractivity contribution in [2.45, 2.75) is 0 Å². The molecule has 31 heavy (non-hydrogen) atoms. The number of rotatable bonds is 7. The van der Waals surface area contributed by atoms with Crippen LogP contribution in [0.5, 0.6) is 11.5 Å². The predicted molar refractivity (Wildman–Crippen MR) is 117 cm³/mol. The van der Waals surface area contributed by atoms with Crippen LogP contribution in [0, 0.1) is 0 Å². The summed E-state index contributed by atoms with van der Waals surface area (Å²) >= 11 is 0. The lowest BCUT2D eigenvalue weighted by atomic mass is 10.2. The van der Waals surface area contributed by atoms with Gasteiger partial charge in [0.1, 0.15) is 11.5 Å². The molecule has 0 spiro atoms. The second-order valence-electron chi connectivity index (χ2n) is 6.94. The maximum absolute atomic E-state index is 5.45. The van der Waals surface area contributed by atoms with Crippen LogP contribution in [-0.2, 0) is 9.47 Å². The van der Waals surface area contributed by atoms with Crippen molar-refractivity contribution >= 4 is 24.1 Å². The van der Waals surface area contributed by atoms with E-state index in [4.69, 9.17) is 18.9 Å². The van der Waals surface area contributed by atoms with Gasteiger partial charge in [-0.3, -0.25) is 0 Å². The van der Waals surface area contributed by atoms with Crippen LogP contribution in [0.25, 0.3) is 0 Å². The van der Waals surface area contributed by atoms with Crippen LogP contribution in [-0.4, -0.2) is 88.0 Å². The van der Waals surface area contributed by atoms with Crippen LogP contribution < -0.4 is 24.7 Å². The van der Waals surface area contributed by atoms with Gasteiger partial charge >= 0.3 is 0 Å². The Labute approximate surface area is 181 Å². The number of hydrazone groups is 1. The molecule has 11 heteroatoms. The van der Waals surface area contributed by atoms with Crippen LogP contribution in [0.3, 0.4) is 0 Å². The zero-order chi connectivity index (χ0) is 21.5. The standard InChI is InChI=1S/C20H27N7O4/c1-28-16-4-3-15(17(13-16)29-2)14-21-25-18-22-19(26-5-9-30-10-6-26)24-20(23-18)27-7-11-31-12-8-27/h3-4,13-14H,5-12H2,1-2H3,(H,22,23,24,25)/b21-14-. The van der Waals surface area contributed by atoms with Crippen molar-refractivity contribution in [3.63, 3.8) is 0 Å². The lowest BCUT2D eigenvalue weighted by Crippen LogP contribution is -2.40. The first kappa shape index (κ1) is 21.1. The molecule has 2 saturated heterocycles. The minimum absolute atomic E-state index is 0.377. The number of methoxy groups -OCH3 is 2. The summed E-state index contributed by atoms with van der Waals surface area (Å²) in [4.78, 5) is 18.0. The number of anilines is 3. The molecule has 2 fully saturated rings. The highest BCUT2D eigenvalue weighted by Crippen LogP contribution is 2.23. The van der Waals surface area contributed by atoms with Gasteiger partial charge in [0, 0.05) is 37.8 Å². The fourth-order valence-electron chi connectivity index (χ4n) is 3.30. The number of nitrogens with zero attached hydrogens (tertiary/aromatic N) is 6. The van der Waals surface area contributed by atoms with E-state index in [-0.39, 0.29) is 0 Å². The SMILES string of the molecule is COc1ccc(/C=N\Nc2nc(N3CCOCC3)nc(N3CCOCC3)n2)c(OC)c1. The van der Waals surface area contributed by atoms with E-state index in [0.29, 0.717) is 55.8 Å². The summed E-state index contributed by atoms with van der Waals surface area (Å²) in [5.74, 6) is 2.97. The smallest absolute Gasteiger partial charge is 0.250 e. The Balaban J connectivity index is 1.55. The van der Waals surface area contributed by atoms with Crippen LogP contribution in [0.1, 0.15) is 5.56 Å². The van der Waals surface area contributed by atoms with Gasteiger partial charge in [-0.05, 0) is 12.1 Å². The van der Waals surface area contributed by atoms with Crippen molar-refractivity contribution in [1.82, 2.24) is 15.0 Å². The molecule has 4 rings (SSSR count). The summed E-state index contributed by atoms with van der Waals surface area (Å²) in [6, 6.07) is 5.52. The van der Waals surface area contributed by atoms with E-state index < -0.39 is 0 Å². The molecule has 2 aromatic rings. The monoisotopic (exact) mass is 429 g/mol. The van der Waals surface area contributed by atoms with E-state index in [1.54, 1.807) is 26.5 Å². The van der Waals surface area contributed by atoms with Crippen molar-refractivity contribution in [3.8, 4) is 11.5 Å². The number of morpholine rings is 2. The third-order valence-electron chi connectivity index (χ3n) is 5.01. The number of benzene rings is 1. The van der Waals surface area contributed by atoms with E-state index in [1.165, 1.54) is 0 Å². The van der Waals surface area contributed by atoms with Gasteiger partial charge in [0.15, 0.2) is 0 Å². The number of hydrogen-bond donors (Lipinski definition) is 1. The normalized spacial score (nSPS) is 17.1. The fourth-order valence-corrected chi connectivity index (χ4v) is 3.30. The lowest BCUT2D eigenvalue weighted by molar-refractivity contribution is 0.121. The van der Waals surface area contributed by atoms with Crippen molar-refractivity contribution in [3.05, 3.63) is 23.8 Å². The molecular formula is C20H27N7O4. The molecule has 0 saturated carbocycles. The minimum Gasteiger partial charge on any atom is -0.497 e. The molecule has 0 atom stereocenters. The first-order valence-electron chi connectivity index (χ1n) is 10.2. The Morgan fingerprint density at radius 2 is 1.52 bits per heavy atom. The molecular weight excluding hydrogens is 402 g/mol. The van der Waals surface area contributed by atoms with E-state index in [9.17, 15) is 0 Å². The fraction of sp³-hybridized carbons (Fsp3) is 0.500. The van der Waals surface area contributed by atoms with Crippen LogP contribution in [0.2, 0.25) is 0 Å². The second kappa shape index (κ2) is 10.2. The summed E-state index contributed by atoms with van der Waals surface area (Å²) in [5.41, 5.74) is 3.73. The largest absolute Gasteiger partial charge is 0.497 e. The van der Waals surface area contributed by atoms with Gasteiger partial charge < -0.3 is 28.7 Å². The predicted octanol–water partition coefficient (Wildman–Crippen LogP) is 1.01. The number of ether oxygens (including phenoxy) is 4. The highest BCUT2D eigenvalue weighted by molar-refractivity contribution is 5.84. The minimum atomic E-state index is 0.377. The second-order valence-corrected chi connectivity index (χ2v) is 6.94. The molecule has 1 aromatic heterocycles. The summed E-state index contributed by atoms with van der Waals surface area (Å²) < 4.78 is 21.5. The topological polar surface area (TPSA) is 106 Å². The molecule has 0 radical (unpaired) electrons. The van der Waals surface area contributed by atoms with Crippen molar-refractivity contribution in [2.24, 2.45) is 5.10 Å². The molecule has 0 bridgehead atoms. The van der Waals surface area contributed by atoms with E-state index in [1.807, 2.05) is 12.1 Å². The van der Waals surface area contributed by atoms with E-state index in [2.05, 4.69) is 35.3 Å². The molecule has 166 valence electrons. The van der Waals surface area contributed by atoms with Gasteiger partial charge in [-0.2, -0.15) is 20.1 Å². The Morgan fingerprint density at radius 3 is 2.06 bits per heavy atom. The molecule has 11 nitrogen and oxygen atoms in total. The first-order valence-corrected chi connectivity index (χ1v) is 10.2. The van der Waals surface area contributed by atoms with Crippen molar-refractivity contribution in [2.75, 3.05) is 82.1 Å². The zero-order valence-electron chi connectivity index (χ0n) is 17.8. The Hall–Kier alpha value is -3.18. The summed E-state index contributed by atoms with van der Waals surface area (Å²) in [6.07, 6.45) is 1.66. The molecule has 2 aliphatic rings. The summed E-state index contributed by atoms with van der Waals surface area (Å²) in [5, 5.41) is 4.31. The van der Waals surface area contributed by atoms with Gasteiger partial charge in [0.05, 0.1) is 46.9 Å². The average Bonchev–Trinajstić information content (AvgIpc) is 2.85. The third-order valence-corrected chi connectivity index (χ3v) is 5.01. The van der Waals surface area contributed by atoms with Crippen molar-refractivity contribution < 1.29 is 18.9 Å². The van der Waals surface area contributed by atoms with Gasteiger partial charge in [0.25, 0.3) is 0 Å². The quantitative estimate of drug-likeness (QED) is 0.506. The maximum Gasteiger partial charge on any atom is 0.250 e. The average molecular weight is 429 g/mol. The summed E-state index contributed by atoms with van der Waals surface area (Å²) in [6.45, 7) is 5.54. The molecule has 0 amide bonds. The zero-order valence-corrected chi connectivity index (χ0v) is 17.8. The molecule has 1 aromatic carbocycles. The van der Waals surface area contributed by atoms with Crippen LogP contribution >= 0.6 is 0 Å². The maximum atomic E-state index is 5.45. The first-order chi connectivity index (χ1) is 15.3. The van der Waals surface area contributed by atoms with Crippen molar-refractivity contribution in [1.29, 1.82) is 0 Å². The number of aromatic nitrogens is 3. The highest BCUT2D eigenvalue weighted by Gasteiger charge is 2.20. The summed E-state index contributed by atoms with van der Waals surface area (Å²) in [7, 11) is 3.22. The Bertz CT molecular complexity index is 863. The number of nitrogens with one attached hydrogen (secondary N) is 1. The van der Waals surface area contributed by atoms with Crippen LogP contribution in [0.15, 0.2) is 23.3 Å². The molecule has 0 unspecified atom stereocenters. The Morgan fingerprint density at radius 1 is 0.903 bits per heavy atom. The molecule has 2 aliphatic heterocycles. The third kappa shape index (κ3) is 5.30. The highest BCUT2D eigenvalue weighted by atomic mass is 16.5. The van der Waals surface area contributed by atoms with E-state index in [0.717, 1.165) is 31.7 Å². The molecule has 3 heterocycles. The van der Waals surface area contributed by atoms with Gasteiger partial charge in [-0.15, -0.1) is 0 Å². The van der Waals surface area contributed by atoms with Crippen LogP contribution in [0.4, 0.5) is 17.8 Å². The molecule has 0 aliphatic carbocycles. The molecule has 1 N–H and O–H groups in total. The van der Waals surface area contributed by atoms with Gasteiger partial charge in [0.2, 0.25) is 17.8 Å². The Kier molecular flexibility index (Phi) is 6.95. The number of hydrogen-bond acceptors (Lipinski definition) is 11. The van der Waals surface area contributed by atoms with E-state index >= 15 is 0 Å². The lowest BCUT2D eigenvalue weighted by Gasteiger charge is -2.30.